The summed E-state index contributed by atoms with van der Waals surface area (Å²) < 4.78 is 0. The predicted octanol–water partition coefficient (Wildman–Crippen LogP) is 2.60. The van der Waals surface area contributed by atoms with E-state index in [0.717, 1.165) is 37.4 Å². The molecule has 0 saturated carbocycles. The molecule has 1 aromatic carbocycles. The van der Waals surface area contributed by atoms with Gasteiger partial charge < -0.3 is 10.2 Å². The molecule has 27 heavy (non-hydrogen) atoms. The summed E-state index contributed by atoms with van der Waals surface area (Å²) >= 11 is 1.45. The number of piperidine rings is 1. The summed E-state index contributed by atoms with van der Waals surface area (Å²) in [6.07, 6.45) is 1.98. The summed E-state index contributed by atoms with van der Waals surface area (Å²) in [6, 6.07) is 14.5. The van der Waals surface area contributed by atoms with Gasteiger partial charge in [0.05, 0.1) is 10.8 Å². The fraction of sp³-hybridized carbons (Fsp3) is 0.429. The average molecular weight is 384 g/mol. The molecule has 3 heterocycles. The van der Waals surface area contributed by atoms with Crippen LogP contribution in [0.2, 0.25) is 0 Å². The molecule has 1 N–H and O–H groups in total. The van der Waals surface area contributed by atoms with Crippen molar-refractivity contribution < 1.29 is 9.59 Å². The van der Waals surface area contributed by atoms with Gasteiger partial charge in [0.15, 0.2) is 0 Å². The lowest BCUT2D eigenvalue weighted by atomic mass is 9.97. The number of benzene rings is 1. The zero-order valence-corrected chi connectivity index (χ0v) is 16.2. The third-order valence-corrected chi connectivity index (χ3v) is 6.31. The summed E-state index contributed by atoms with van der Waals surface area (Å²) in [5.74, 6) is 0.0891. The first-order chi connectivity index (χ1) is 13.2. The molecular weight excluding hydrogens is 358 g/mol. The van der Waals surface area contributed by atoms with Crippen LogP contribution in [-0.4, -0.2) is 53.8 Å². The third-order valence-electron chi connectivity index (χ3n) is 5.45. The van der Waals surface area contributed by atoms with Crippen LogP contribution < -0.4 is 5.32 Å². The molecule has 2 amide bonds. The molecule has 0 unspecified atom stereocenters. The van der Waals surface area contributed by atoms with Gasteiger partial charge in [-0.25, -0.2) is 0 Å². The Hall–Kier alpha value is -2.18. The molecule has 2 aliphatic heterocycles. The second-order valence-corrected chi connectivity index (χ2v) is 8.38. The van der Waals surface area contributed by atoms with Crippen LogP contribution in [0.25, 0.3) is 0 Å². The number of carbonyl (C=O) groups excluding carboxylic acids is 2. The number of carbonyl (C=O) groups is 2. The van der Waals surface area contributed by atoms with Gasteiger partial charge in [-0.1, -0.05) is 36.4 Å². The fourth-order valence-electron chi connectivity index (χ4n) is 3.76. The number of likely N-dealkylation sites (tertiary alicyclic amines) is 2. The maximum Gasteiger partial charge on any atom is 0.263 e. The average Bonchev–Trinajstić information content (AvgIpc) is 3.18. The fourth-order valence-corrected chi connectivity index (χ4v) is 4.45. The predicted molar refractivity (Wildman–Crippen MR) is 107 cm³/mol. The maximum atomic E-state index is 12.5. The van der Waals surface area contributed by atoms with Crippen LogP contribution in [0.15, 0.2) is 47.8 Å². The first-order valence-electron chi connectivity index (χ1n) is 9.58. The van der Waals surface area contributed by atoms with E-state index in [9.17, 15) is 9.59 Å². The van der Waals surface area contributed by atoms with Crippen LogP contribution in [-0.2, 0) is 11.3 Å². The topological polar surface area (TPSA) is 52.7 Å². The highest BCUT2D eigenvalue weighted by atomic mass is 32.1. The Kier molecular flexibility index (Phi) is 5.55. The quantitative estimate of drug-likeness (QED) is 0.864. The smallest absolute Gasteiger partial charge is 0.263 e. The van der Waals surface area contributed by atoms with Crippen molar-refractivity contribution in [3.05, 3.63) is 58.3 Å². The van der Waals surface area contributed by atoms with E-state index in [4.69, 9.17) is 0 Å². The van der Waals surface area contributed by atoms with Crippen LogP contribution in [0.4, 0.5) is 0 Å². The molecule has 0 radical (unpaired) electrons. The second-order valence-electron chi connectivity index (χ2n) is 7.43. The summed E-state index contributed by atoms with van der Waals surface area (Å²) in [5.41, 5.74) is 1.34. The minimum Gasteiger partial charge on any atom is -0.353 e. The molecule has 2 fully saturated rings. The van der Waals surface area contributed by atoms with Crippen molar-refractivity contribution in [2.24, 2.45) is 5.92 Å². The molecule has 142 valence electrons. The van der Waals surface area contributed by atoms with Crippen molar-refractivity contribution in [2.45, 2.75) is 25.4 Å². The summed E-state index contributed by atoms with van der Waals surface area (Å²) in [6.45, 7) is 4.07. The number of rotatable bonds is 5. The minimum atomic E-state index is -0.0590. The lowest BCUT2D eigenvalue weighted by molar-refractivity contribution is -0.130. The van der Waals surface area contributed by atoms with Crippen molar-refractivity contribution in [3.8, 4) is 0 Å². The molecule has 2 aromatic rings. The summed E-state index contributed by atoms with van der Waals surface area (Å²) in [5, 5.41) is 5.10. The van der Waals surface area contributed by atoms with Crippen LogP contribution in [0.1, 0.15) is 28.1 Å². The Morgan fingerprint density at radius 1 is 1.04 bits per heavy atom. The number of hydrogen-bond donors (Lipinski definition) is 1. The van der Waals surface area contributed by atoms with Gasteiger partial charge in [-0.2, -0.15) is 0 Å². The molecule has 0 bridgehead atoms. The van der Waals surface area contributed by atoms with Crippen molar-refractivity contribution >= 4 is 23.2 Å². The Morgan fingerprint density at radius 2 is 1.78 bits per heavy atom. The molecule has 2 aliphatic rings. The Morgan fingerprint density at radius 3 is 2.44 bits per heavy atom. The Balaban J connectivity index is 1.18. The van der Waals surface area contributed by atoms with Gasteiger partial charge >= 0.3 is 0 Å². The van der Waals surface area contributed by atoms with E-state index in [-0.39, 0.29) is 23.8 Å². The Bertz CT molecular complexity index is 764. The SMILES string of the molecule is O=C(NC1CCN(Cc2ccccc2)CC1)C1CN(C(=O)c2cccs2)C1. The zero-order valence-electron chi connectivity index (χ0n) is 15.3. The van der Waals surface area contributed by atoms with Gasteiger partial charge in [-0.05, 0) is 29.9 Å². The van der Waals surface area contributed by atoms with E-state index in [0.29, 0.717) is 13.1 Å². The molecule has 6 heteroatoms. The zero-order chi connectivity index (χ0) is 18.6. The van der Waals surface area contributed by atoms with Gasteiger partial charge in [-0.3, -0.25) is 14.5 Å². The van der Waals surface area contributed by atoms with E-state index in [1.165, 1.54) is 16.9 Å². The largest absolute Gasteiger partial charge is 0.353 e. The van der Waals surface area contributed by atoms with E-state index >= 15 is 0 Å². The normalized spacial score (nSPS) is 18.9. The van der Waals surface area contributed by atoms with Crippen molar-refractivity contribution in [1.29, 1.82) is 0 Å². The molecule has 2 saturated heterocycles. The first kappa shape index (κ1) is 18.2. The molecule has 4 rings (SSSR count). The number of nitrogens with one attached hydrogen (secondary N) is 1. The first-order valence-corrected chi connectivity index (χ1v) is 10.5. The number of hydrogen-bond acceptors (Lipinski definition) is 4. The molecule has 0 spiro atoms. The minimum absolute atomic E-state index is 0.0447. The lowest BCUT2D eigenvalue weighted by Gasteiger charge is -2.39. The van der Waals surface area contributed by atoms with Gasteiger partial charge in [0, 0.05) is 38.8 Å². The van der Waals surface area contributed by atoms with E-state index in [2.05, 4.69) is 34.5 Å². The maximum absolute atomic E-state index is 12.5. The lowest BCUT2D eigenvalue weighted by Crippen LogP contribution is -2.57. The molecular formula is C21H25N3O2S. The monoisotopic (exact) mass is 383 g/mol. The number of amides is 2. The van der Waals surface area contributed by atoms with E-state index in [1.54, 1.807) is 4.90 Å². The van der Waals surface area contributed by atoms with Crippen molar-refractivity contribution in [3.63, 3.8) is 0 Å². The van der Waals surface area contributed by atoms with Gasteiger partial charge in [0.1, 0.15) is 0 Å². The van der Waals surface area contributed by atoms with Crippen LogP contribution in [0.5, 0.6) is 0 Å². The van der Waals surface area contributed by atoms with Crippen molar-refractivity contribution in [2.75, 3.05) is 26.2 Å². The van der Waals surface area contributed by atoms with Gasteiger partial charge in [-0.15, -0.1) is 11.3 Å². The summed E-state index contributed by atoms with van der Waals surface area (Å²) in [7, 11) is 0. The van der Waals surface area contributed by atoms with E-state index in [1.807, 2.05) is 23.6 Å². The van der Waals surface area contributed by atoms with Crippen LogP contribution in [0.3, 0.4) is 0 Å². The molecule has 1 aromatic heterocycles. The van der Waals surface area contributed by atoms with Gasteiger partial charge in [0.2, 0.25) is 5.91 Å². The standard InChI is InChI=1S/C21H25N3O2S/c25-20(17-14-24(15-17)21(26)19-7-4-12-27-19)22-18-8-10-23(11-9-18)13-16-5-2-1-3-6-16/h1-7,12,17-18H,8-11,13-15H2,(H,22,25). The van der Waals surface area contributed by atoms with Crippen LogP contribution >= 0.6 is 11.3 Å². The van der Waals surface area contributed by atoms with Crippen LogP contribution in [0, 0.1) is 5.92 Å². The van der Waals surface area contributed by atoms with Gasteiger partial charge in [0.25, 0.3) is 5.91 Å². The summed E-state index contributed by atoms with van der Waals surface area (Å²) in [4.78, 5) is 29.7. The second kappa shape index (κ2) is 8.23. The van der Waals surface area contributed by atoms with E-state index < -0.39 is 0 Å². The highest BCUT2D eigenvalue weighted by Gasteiger charge is 2.37. The number of thiophene rings is 1. The molecule has 5 nitrogen and oxygen atoms in total. The highest BCUT2D eigenvalue weighted by Crippen LogP contribution is 2.22. The molecule has 0 aliphatic carbocycles. The third kappa shape index (κ3) is 4.39. The molecule has 0 atom stereocenters. The highest BCUT2D eigenvalue weighted by molar-refractivity contribution is 7.12. The van der Waals surface area contributed by atoms with Crippen molar-refractivity contribution in [1.82, 2.24) is 15.1 Å². The Labute approximate surface area is 164 Å². The number of nitrogens with zero attached hydrogens (tertiary/aromatic N) is 2.